The van der Waals surface area contributed by atoms with E-state index in [-0.39, 0.29) is 11.1 Å². The fraction of sp³-hybridized carbons (Fsp3) is 0.353. The Bertz CT molecular complexity index is 908. The number of rotatable bonds is 4. The average Bonchev–Trinajstić information content (AvgIpc) is 2.55. The van der Waals surface area contributed by atoms with Gasteiger partial charge in [-0.25, -0.2) is 0 Å². The number of benzene rings is 1. The van der Waals surface area contributed by atoms with Crippen LogP contribution in [0.2, 0.25) is 0 Å². The van der Waals surface area contributed by atoms with Crippen molar-refractivity contribution < 1.29 is 9.90 Å². The molecule has 6 heteroatoms. The fourth-order valence-electron chi connectivity index (χ4n) is 2.97. The summed E-state index contributed by atoms with van der Waals surface area (Å²) < 4.78 is 1.86. The van der Waals surface area contributed by atoms with Crippen LogP contribution in [0, 0.1) is 4.77 Å². The van der Waals surface area contributed by atoms with E-state index in [4.69, 9.17) is 12.2 Å². The van der Waals surface area contributed by atoms with Gasteiger partial charge < -0.3 is 14.9 Å². The Morgan fingerprint density at radius 2 is 2.17 bits per heavy atom. The van der Waals surface area contributed by atoms with Gasteiger partial charge in [-0.3, -0.25) is 9.36 Å². The number of carbonyl (C=O) groups excluding carboxylic acids is 1. The van der Waals surface area contributed by atoms with Gasteiger partial charge in [0.05, 0.1) is 16.9 Å². The van der Waals surface area contributed by atoms with Gasteiger partial charge in [0.15, 0.2) is 4.77 Å². The van der Waals surface area contributed by atoms with Crippen LogP contribution in [-0.4, -0.2) is 15.5 Å². The Balaban J connectivity index is 1.96. The first kappa shape index (κ1) is 15.7. The van der Waals surface area contributed by atoms with Crippen molar-refractivity contribution in [2.24, 2.45) is 0 Å². The SMILES string of the molecule is O=C([O-])c1ccc2c(=O)n(CCC3=CCCCC3)c(=S)[nH]c2c1. The van der Waals surface area contributed by atoms with E-state index < -0.39 is 5.97 Å². The molecule has 0 fully saturated rings. The topological polar surface area (TPSA) is 77.9 Å². The number of aromatic carboxylic acids is 1. The summed E-state index contributed by atoms with van der Waals surface area (Å²) in [5, 5.41) is 11.4. The average molecular weight is 329 g/mol. The number of nitrogens with zero attached hydrogens (tertiary/aromatic N) is 1. The predicted molar refractivity (Wildman–Crippen MR) is 88.9 cm³/mol. The van der Waals surface area contributed by atoms with Crippen molar-refractivity contribution in [2.75, 3.05) is 0 Å². The normalized spacial score (nSPS) is 14.7. The third-order valence-corrected chi connectivity index (χ3v) is 4.58. The first-order chi connectivity index (χ1) is 11.1. The van der Waals surface area contributed by atoms with E-state index in [1.807, 2.05) is 0 Å². The molecule has 0 atom stereocenters. The second kappa shape index (κ2) is 6.50. The van der Waals surface area contributed by atoms with Gasteiger partial charge in [-0.1, -0.05) is 17.7 Å². The Labute approximate surface area is 138 Å². The van der Waals surface area contributed by atoms with Gasteiger partial charge in [-0.05, 0) is 62.0 Å². The zero-order valence-electron chi connectivity index (χ0n) is 12.6. The molecule has 1 aromatic carbocycles. The maximum absolute atomic E-state index is 12.6. The van der Waals surface area contributed by atoms with Crippen molar-refractivity contribution in [3.63, 3.8) is 0 Å². The predicted octanol–water partition coefficient (Wildman–Crippen LogP) is 2.31. The van der Waals surface area contributed by atoms with Crippen molar-refractivity contribution in [3.8, 4) is 0 Å². The summed E-state index contributed by atoms with van der Waals surface area (Å²) in [6.07, 6.45) is 7.72. The van der Waals surface area contributed by atoms with Crippen molar-refractivity contribution in [3.05, 3.63) is 50.5 Å². The molecule has 1 aliphatic rings. The summed E-state index contributed by atoms with van der Waals surface area (Å²) in [5.74, 6) is -1.28. The van der Waals surface area contributed by atoms with Crippen LogP contribution in [0.4, 0.5) is 0 Å². The van der Waals surface area contributed by atoms with Crippen molar-refractivity contribution in [1.82, 2.24) is 9.55 Å². The lowest BCUT2D eigenvalue weighted by Crippen LogP contribution is -2.24. The Hall–Kier alpha value is -2.21. The number of carboxylic acids is 1. The lowest BCUT2D eigenvalue weighted by Gasteiger charge is -2.14. The third kappa shape index (κ3) is 3.27. The molecule has 3 rings (SSSR count). The maximum atomic E-state index is 12.6. The Morgan fingerprint density at radius 3 is 2.87 bits per heavy atom. The highest BCUT2D eigenvalue weighted by molar-refractivity contribution is 7.71. The number of nitrogens with one attached hydrogen (secondary N) is 1. The molecule has 1 heterocycles. The zero-order chi connectivity index (χ0) is 16.4. The van der Waals surface area contributed by atoms with E-state index in [1.54, 1.807) is 4.57 Å². The molecule has 1 N–H and O–H groups in total. The number of allylic oxidation sites excluding steroid dienone is 2. The van der Waals surface area contributed by atoms with E-state index in [2.05, 4.69) is 11.1 Å². The smallest absolute Gasteiger partial charge is 0.262 e. The second-order valence-corrected chi connectivity index (χ2v) is 6.18. The maximum Gasteiger partial charge on any atom is 0.262 e. The van der Waals surface area contributed by atoms with Gasteiger partial charge in [0.2, 0.25) is 0 Å². The van der Waals surface area contributed by atoms with Gasteiger partial charge in [0.25, 0.3) is 5.56 Å². The number of aromatic nitrogens is 2. The monoisotopic (exact) mass is 329 g/mol. The molecule has 5 nitrogen and oxygen atoms in total. The number of carboxylic acid groups (broad SMARTS) is 1. The number of aromatic amines is 1. The van der Waals surface area contributed by atoms with Crippen LogP contribution in [0.5, 0.6) is 0 Å². The number of hydrogen-bond donors (Lipinski definition) is 1. The number of fused-ring (bicyclic) bond motifs is 1. The molecule has 0 saturated heterocycles. The Kier molecular flexibility index (Phi) is 4.43. The molecule has 1 aliphatic carbocycles. The number of H-pyrrole nitrogens is 1. The van der Waals surface area contributed by atoms with Crippen LogP contribution in [0.15, 0.2) is 34.6 Å². The minimum Gasteiger partial charge on any atom is -0.545 e. The number of carbonyl (C=O) groups is 1. The first-order valence-corrected chi connectivity index (χ1v) is 8.13. The van der Waals surface area contributed by atoms with Crippen LogP contribution in [0.3, 0.4) is 0 Å². The van der Waals surface area contributed by atoms with E-state index in [9.17, 15) is 14.7 Å². The molecule has 0 spiro atoms. The lowest BCUT2D eigenvalue weighted by atomic mass is 9.97. The molecule has 0 unspecified atom stereocenters. The molecule has 0 aliphatic heterocycles. The Morgan fingerprint density at radius 1 is 1.35 bits per heavy atom. The molecule has 2 aromatic rings. The quantitative estimate of drug-likeness (QED) is 0.690. The molecule has 1 aromatic heterocycles. The zero-order valence-corrected chi connectivity index (χ0v) is 13.4. The highest BCUT2D eigenvalue weighted by atomic mass is 32.1. The lowest BCUT2D eigenvalue weighted by molar-refractivity contribution is -0.255. The molecule has 0 amide bonds. The van der Waals surface area contributed by atoms with Crippen molar-refractivity contribution >= 4 is 29.1 Å². The van der Waals surface area contributed by atoms with Crippen LogP contribution in [0.25, 0.3) is 10.9 Å². The summed E-state index contributed by atoms with van der Waals surface area (Å²) in [6, 6.07) is 4.27. The van der Waals surface area contributed by atoms with Crippen LogP contribution in [0.1, 0.15) is 42.5 Å². The van der Waals surface area contributed by atoms with Crippen molar-refractivity contribution in [2.45, 2.75) is 38.6 Å². The molecule has 0 bridgehead atoms. The van der Waals surface area contributed by atoms with E-state index in [0.29, 0.717) is 22.2 Å². The summed E-state index contributed by atoms with van der Waals surface area (Å²) in [4.78, 5) is 26.5. The molecule has 0 saturated carbocycles. The molecular formula is C17H17N2O3S-. The van der Waals surface area contributed by atoms with Crippen molar-refractivity contribution in [1.29, 1.82) is 0 Å². The summed E-state index contributed by atoms with van der Waals surface area (Å²) in [6.45, 7) is 0.540. The van der Waals surface area contributed by atoms with Gasteiger partial charge >= 0.3 is 0 Å². The summed E-state index contributed by atoms with van der Waals surface area (Å²) in [7, 11) is 0. The van der Waals surface area contributed by atoms with E-state index in [1.165, 1.54) is 36.6 Å². The third-order valence-electron chi connectivity index (χ3n) is 4.26. The van der Waals surface area contributed by atoms with E-state index in [0.717, 1.165) is 19.3 Å². The largest absolute Gasteiger partial charge is 0.545 e. The minimum atomic E-state index is -1.28. The highest BCUT2D eigenvalue weighted by Gasteiger charge is 2.09. The highest BCUT2D eigenvalue weighted by Crippen LogP contribution is 2.20. The summed E-state index contributed by atoms with van der Waals surface area (Å²) >= 11 is 5.27. The number of hydrogen-bond acceptors (Lipinski definition) is 4. The molecule has 120 valence electrons. The molecule has 23 heavy (non-hydrogen) atoms. The second-order valence-electron chi connectivity index (χ2n) is 5.79. The van der Waals surface area contributed by atoms with Crippen LogP contribution >= 0.6 is 12.2 Å². The summed E-state index contributed by atoms with van der Waals surface area (Å²) in [5.41, 5.74) is 1.64. The first-order valence-electron chi connectivity index (χ1n) is 7.72. The van der Waals surface area contributed by atoms with Gasteiger partial charge in [-0.15, -0.1) is 0 Å². The van der Waals surface area contributed by atoms with Gasteiger partial charge in [0.1, 0.15) is 0 Å². The van der Waals surface area contributed by atoms with Crippen LogP contribution in [-0.2, 0) is 6.54 Å². The van der Waals surface area contributed by atoms with Gasteiger partial charge in [-0.2, -0.15) is 0 Å². The van der Waals surface area contributed by atoms with Crippen LogP contribution < -0.4 is 10.7 Å². The standard InChI is InChI=1S/C17H18N2O3S/c20-15-13-7-6-12(16(21)22)10-14(13)18-17(23)19(15)9-8-11-4-2-1-3-5-11/h4,6-7,10H,1-3,5,8-9H2,(H,18,23)(H,21,22)/p-1. The fourth-order valence-corrected chi connectivity index (χ4v) is 3.26. The minimum absolute atomic E-state index is 0.0210. The molecular weight excluding hydrogens is 312 g/mol. The molecule has 0 radical (unpaired) electrons. The van der Waals surface area contributed by atoms with Gasteiger partial charge in [0, 0.05) is 6.54 Å². The van der Waals surface area contributed by atoms with E-state index >= 15 is 0 Å².